The smallest absolute Gasteiger partial charge is 0.308 e. The molecule has 0 bridgehead atoms. The minimum absolute atomic E-state index is 0.0496. The fourth-order valence-corrected chi connectivity index (χ4v) is 4.95. The second-order valence-corrected chi connectivity index (χ2v) is 9.02. The summed E-state index contributed by atoms with van der Waals surface area (Å²) in [5.74, 6) is -0.407. The second kappa shape index (κ2) is 11.4. The van der Waals surface area contributed by atoms with E-state index in [2.05, 4.69) is 19.9 Å². The molecule has 8 nitrogen and oxygen atoms in total. The largest absolute Gasteiger partial charge is 0.497 e. The van der Waals surface area contributed by atoms with Gasteiger partial charge in [0.05, 0.1) is 24.6 Å². The van der Waals surface area contributed by atoms with Crippen molar-refractivity contribution >= 4 is 16.9 Å². The summed E-state index contributed by atoms with van der Waals surface area (Å²) in [6, 6.07) is 7.46. The van der Waals surface area contributed by atoms with E-state index >= 15 is 0 Å². The third-order valence-electron chi connectivity index (χ3n) is 6.86. The summed E-state index contributed by atoms with van der Waals surface area (Å²) in [6.07, 6.45) is 10.0. The minimum Gasteiger partial charge on any atom is -0.497 e. The molecule has 180 valence electrons. The number of aromatic nitrogens is 3. The summed E-state index contributed by atoms with van der Waals surface area (Å²) < 4.78 is 5.33. The SMILES string of the molecule is COc1ccc2nccc(C(O)CC[C@@H]3CCN(CCCc4cncnc4)C[C@@H]3C(=O)O)c2c1. The molecule has 3 heterocycles. The average Bonchev–Trinajstić information content (AvgIpc) is 2.87. The van der Waals surface area contributed by atoms with Gasteiger partial charge in [0.25, 0.3) is 0 Å². The zero-order valence-electron chi connectivity index (χ0n) is 19.5. The summed E-state index contributed by atoms with van der Waals surface area (Å²) in [5, 5.41) is 21.7. The number of pyridine rings is 1. The van der Waals surface area contributed by atoms with Crippen LogP contribution < -0.4 is 4.74 Å². The molecule has 1 aromatic carbocycles. The van der Waals surface area contributed by atoms with Crippen molar-refractivity contribution in [1.29, 1.82) is 0 Å². The Hall–Kier alpha value is -3.10. The van der Waals surface area contributed by atoms with Crippen LogP contribution >= 0.6 is 0 Å². The zero-order chi connectivity index (χ0) is 23.9. The van der Waals surface area contributed by atoms with Gasteiger partial charge in [-0.3, -0.25) is 9.78 Å². The first-order valence-corrected chi connectivity index (χ1v) is 11.8. The average molecular weight is 465 g/mol. The monoisotopic (exact) mass is 464 g/mol. The highest BCUT2D eigenvalue weighted by atomic mass is 16.5. The zero-order valence-corrected chi connectivity index (χ0v) is 19.5. The molecule has 1 aliphatic rings. The van der Waals surface area contributed by atoms with Crippen molar-refractivity contribution < 1.29 is 19.7 Å². The Balaban J connectivity index is 1.34. The van der Waals surface area contributed by atoms with E-state index in [0.717, 1.165) is 54.4 Å². The van der Waals surface area contributed by atoms with Gasteiger partial charge in [0.1, 0.15) is 12.1 Å². The van der Waals surface area contributed by atoms with Gasteiger partial charge in [-0.2, -0.15) is 0 Å². The molecule has 0 radical (unpaired) electrons. The van der Waals surface area contributed by atoms with Crippen LogP contribution in [0, 0.1) is 11.8 Å². The molecular weight excluding hydrogens is 432 g/mol. The van der Waals surface area contributed by atoms with Crippen LogP contribution in [0.5, 0.6) is 5.75 Å². The summed E-state index contributed by atoms with van der Waals surface area (Å²) >= 11 is 0. The van der Waals surface area contributed by atoms with Crippen LogP contribution in [0.1, 0.15) is 42.9 Å². The standard InChI is InChI=1S/C26H32N4O4/c1-34-20-5-6-24-22(13-20)21(8-10-29-24)25(31)7-4-19-9-12-30(16-23(19)26(32)33)11-2-3-18-14-27-17-28-15-18/h5-6,8,10,13-15,17,19,23,25,31H,2-4,7,9,11-12,16H2,1H3,(H,32,33)/t19-,23+,25?/m1/s1. The molecule has 2 aromatic heterocycles. The Morgan fingerprint density at radius 2 is 2.09 bits per heavy atom. The number of piperidine rings is 1. The maximum Gasteiger partial charge on any atom is 0.308 e. The second-order valence-electron chi connectivity index (χ2n) is 9.02. The number of carboxylic acid groups (broad SMARTS) is 1. The number of fused-ring (bicyclic) bond motifs is 1. The number of benzene rings is 1. The normalized spacial score (nSPS) is 19.7. The quantitative estimate of drug-likeness (QED) is 0.469. The number of carboxylic acids is 1. The molecule has 0 spiro atoms. The number of aliphatic carboxylic acids is 1. The summed E-state index contributed by atoms with van der Waals surface area (Å²) in [5.41, 5.74) is 2.71. The van der Waals surface area contributed by atoms with Crippen LogP contribution in [-0.4, -0.2) is 62.8 Å². The number of aliphatic hydroxyl groups excluding tert-OH is 1. The summed E-state index contributed by atoms with van der Waals surface area (Å²) in [6.45, 7) is 2.29. The molecule has 1 fully saturated rings. The van der Waals surface area contributed by atoms with Crippen molar-refractivity contribution in [3.63, 3.8) is 0 Å². The lowest BCUT2D eigenvalue weighted by molar-refractivity contribution is -0.146. The van der Waals surface area contributed by atoms with E-state index in [4.69, 9.17) is 4.74 Å². The van der Waals surface area contributed by atoms with E-state index < -0.39 is 18.0 Å². The van der Waals surface area contributed by atoms with E-state index in [9.17, 15) is 15.0 Å². The van der Waals surface area contributed by atoms with Gasteiger partial charge in [0.15, 0.2) is 0 Å². The number of carbonyl (C=O) groups is 1. The lowest BCUT2D eigenvalue weighted by Gasteiger charge is -2.37. The van der Waals surface area contributed by atoms with Crippen LogP contribution in [0.25, 0.3) is 10.9 Å². The number of aryl methyl sites for hydroxylation is 1. The maximum absolute atomic E-state index is 12.0. The van der Waals surface area contributed by atoms with Crippen molar-refractivity contribution in [1.82, 2.24) is 19.9 Å². The van der Waals surface area contributed by atoms with E-state index in [1.807, 2.05) is 36.7 Å². The first-order chi connectivity index (χ1) is 16.5. The summed E-state index contributed by atoms with van der Waals surface area (Å²) in [4.78, 5) is 26.8. The molecule has 34 heavy (non-hydrogen) atoms. The highest BCUT2D eigenvalue weighted by molar-refractivity contribution is 5.83. The predicted octanol–water partition coefficient (Wildman–Crippen LogP) is 3.50. The van der Waals surface area contributed by atoms with Crippen molar-refractivity contribution in [2.24, 2.45) is 11.8 Å². The topological polar surface area (TPSA) is 109 Å². The van der Waals surface area contributed by atoms with Crippen LogP contribution in [0.15, 0.2) is 49.2 Å². The molecule has 0 aliphatic carbocycles. The van der Waals surface area contributed by atoms with Crippen LogP contribution in [0.3, 0.4) is 0 Å². The van der Waals surface area contributed by atoms with Crippen molar-refractivity contribution in [3.05, 3.63) is 60.3 Å². The van der Waals surface area contributed by atoms with Gasteiger partial charge >= 0.3 is 5.97 Å². The van der Waals surface area contributed by atoms with Crippen LogP contribution in [0.2, 0.25) is 0 Å². The number of aliphatic hydroxyl groups is 1. The predicted molar refractivity (Wildman–Crippen MR) is 129 cm³/mol. The fourth-order valence-electron chi connectivity index (χ4n) is 4.95. The van der Waals surface area contributed by atoms with Gasteiger partial charge < -0.3 is 19.8 Å². The third-order valence-corrected chi connectivity index (χ3v) is 6.86. The van der Waals surface area contributed by atoms with Gasteiger partial charge in [0.2, 0.25) is 0 Å². The Morgan fingerprint density at radius 1 is 1.26 bits per heavy atom. The Bertz CT molecular complexity index is 1090. The number of methoxy groups -OCH3 is 1. The van der Waals surface area contributed by atoms with E-state index in [1.54, 1.807) is 13.3 Å². The molecule has 2 N–H and O–H groups in total. The van der Waals surface area contributed by atoms with Gasteiger partial charge in [0, 0.05) is 30.5 Å². The molecular formula is C26H32N4O4. The summed E-state index contributed by atoms with van der Waals surface area (Å²) in [7, 11) is 1.61. The highest BCUT2D eigenvalue weighted by Gasteiger charge is 2.34. The van der Waals surface area contributed by atoms with E-state index in [0.29, 0.717) is 25.1 Å². The number of ether oxygens (including phenoxy) is 1. The number of hydrogen-bond donors (Lipinski definition) is 2. The first kappa shape index (κ1) is 24.0. The highest BCUT2D eigenvalue weighted by Crippen LogP contribution is 2.33. The Labute approximate surface area is 199 Å². The van der Waals surface area contributed by atoms with Gasteiger partial charge in [-0.1, -0.05) is 0 Å². The maximum atomic E-state index is 12.0. The number of nitrogens with zero attached hydrogens (tertiary/aromatic N) is 4. The minimum atomic E-state index is -0.750. The third kappa shape index (κ3) is 5.87. The number of likely N-dealkylation sites (tertiary alicyclic amines) is 1. The molecule has 1 aliphatic heterocycles. The van der Waals surface area contributed by atoms with Crippen LogP contribution in [0.4, 0.5) is 0 Å². The van der Waals surface area contributed by atoms with Gasteiger partial charge in [-0.05, 0) is 86.5 Å². The molecule has 0 amide bonds. The molecule has 0 saturated carbocycles. The first-order valence-electron chi connectivity index (χ1n) is 11.8. The van der Waals surface area contributed by atoms with Crippen molar-refractivity contribution in [3.8, 4) is 5.75 Å². The van der Waals surface area contributed by atoms with Gasteiger partial charge in [-0.25, -0.2) is 9.97 Å². The van der Waals surface area contributed by atoms with E-state index in [1.165, 1.54) is 6.33 Å². The molecule has 3 aromatic rings. The lowest BCUT2D eigenvalue weighted by Crippen LogP contribution is -2.44. The Kier molecular flexibility index (Phi) is 8.03. The molecule has 4 rings (SSSR count). The van der Waals surface area contributed by atoms with Crippen molar-refractivity contribution in [2.45, 2.75) is 38.2 Å². The molecule has 8 heteroatoms. The van der Waals surface area contributed by atoms with E-state index in [-0.39, 0.29) is 5.92 Å². The van der Waals surface area contributed by atoms with Gasteiger partial charge in [-0.15, -0.1) is 0 Å². The lowest BCUT2D eigenvalue weighted by atomic mass is 9.81. The van der Waals surface area contributed by atoms with Crippen LogP contribution in [-0.2, 0) is 11.2 Å². The van der Waals surface area contributed by atoms with Crippen molar-refractivity contribution in [2.75, 3.05) is 26.7 Å². The molecule has 1 saturated heterocycles. The molecule has 1 unspecified atom stereocenters. The fraction of sp³-hybridized carbons (Fsp3) is 0.462. The Morgan fingerprint density at radius 3 is 2.85 bits per heavy atom. The molecule has 3 atom stereocenters. The number of hydrogen-bond acceptors (Lipinski definition) is 7. The number of rotatable bonds is 10.